The summed E-state index contributed by atoms with van der Waals surface area (Å²) in [5, 5.41) is 7.80. The highest BCUT2D eigenvalue weighted by Gasteiger charge is 2.40. The lowest BCUT2D eigenvalue weighted by molar-refractivity contribution is -0.0190. The van der Waals surface area contributed by atoms with Crippen LogP contribution in [0.3, 0.4) is 0 Å². The molecule has 0 N–H and O–H groups in total. The SMILES string of the molecule is CC(C)Oc1ccc([C@H]2Oc3ccccc3[C@@H]3CC(c4ccc(Cl)cc4)=NN23)cc1. The molecule has 0 spiro atoms. The Morgan fingerprint density at radius 3 is 2.47 bits per heavy atom. The van der Waals surface area contributed by atoms with Gasteiger partial charge in [-0.15, -0.1) is 0 Å². The molecule has 2 heterocycles. The molecule has 0 saturated carbocycles. The lowest BCUT2D eigenvalue weighted by Gasteiger charge is -2.38. The monoisotopic (exact) mass is 418 g/mol. The number of hydrogen-bond donors (Lipinski definition) is 0. The van der Waals surface area contributed by atoms with Gasteiger partial charge in [-0.25, -0.2) is 5.01 Å². The molecule has 3 aromatic rings. The molecule has 5 heteroatoms. The Bertz CT molecular complexity index is 1080. The average molecular weight is 419 g/mol. The summed E-state index contributed by atoms with van der Waals surface area (Å²) in [6, 6.07) is 24.3. The first-order valence-electron chi connectivity index (χ1n) is 10.2. The Hall–Kier alpha value is -2.98. The second-order valence-corrected chi connectivity index (χ2v) is 8.33. The molecule has 0 radical (unpaired) electrons. The van der Waals surface area contributed by atoms with Crippen LogP contribution in [-0.2, 0) is 0 Å². The largest absolute Gasteiger partial charge is 0.491 e. The molecule has 2 atom stereocenters. The minimum absolute atomic E-state index is 0.136. The van der Waals surface area contributed by atoms with Crippen molar-refractivity contribution in [2.75, 3.05) is 0 Å². The topological polar surface area (TPSA) is 34.1 Å². The fraction of sp³-hybridized carbons (Fsp3) is 0.240. The highest BCUT2D eigenvalue weighted by molar-refractivity contribution is 6.30. The predicted octanol–water partition coefficient (Wildman–Crippen LogP) is 6.37. The van der Waals surface area contributed by atoms with E-state index in [1.54, 1.807) is 0 Å². The number of nitrogens with zero attached hydrogens (tertiary/aromatic N) is 2. The fourth-order valence-electron chi connectivity index (χ4n) is 4.05. The van der Waals surface area contributed by atoms with Gasteiger partial charge in [-0.05, 0) is 61.9 Å². The van der Waals surface area contributed by atoms with Crippen molar-refractivity contribution in [1.29, 1.82) is 0 Å². The molecule has 152 valence electrons. The Morgan fingerprint density at radius 2 is 1.73 bits per heavy atom. The summed E-state index contributed by atoms with van der Waals surface area (Å²) in [4.78, 5) is 0. The predicted molar refractivity (Wildman–Crippen MR) is 119 cm³/mol. The first-order valence-corrected chi connectivity index (χ1v) is 10.6. The van der Waals surface area contributed by atoms with Gasteiger partial charge >= 0.3 is 0 Å². The number of benzene rings is 3. The minimum atomic E-state index is -0.289. The molecule has 30 heavy (non-hydrogen) atoms. The van der Waals surface area contributed by atoms with Crippen LogP contribution >= 0.6 is 11.6 Å². The van der Waals surface area contributed by atoms with Crippen LogP contribution in [0.5, 0.6) is 11.5 Å². The maximum absolute atomic E-state index is 6.41. The van der Waals surface area contributed by atoms with E-state index < -0.39 is 0 Å². The van der Waals surface area contributed by atoms with Gasteiger partial charge in [0.15, 0.2) is 0 Å². The van der Waals surface area contributed by atoms with Gasteiger partial charge in [0.1, 0.15) is 11.5 Å². The van der Waals surface area contributed by atoms with Gasteiger partial charge in [-0.2, -0.15) is 5.10 Å². The summed E-state index contributed by atoms with van der Waals surface area (Å²) < 4.78 is 12.2. The molecule has 0 bridgehead atoms. The van der Waals surface area contributed by atoms with Gasteiger partial charge in [-0.1, -0.05) is 41.9 Å². The highest BCUT2D eigenvalue weighted by atomic mass is 35.5. The molecule has 0 aromatic heterocycles. The number of para-hydroxylation sites is 1. The summed E-state index contributed by atoms with van der Waals surface area (Å²) in [6.07, 6.45) is 0.679. The quantitative estimate of drug-likeness (QED) is 0.493. The molecule has 0 aliphatic carbocycles. The van der Waals surface area contributed by atoms with Crippen LogP contribution < -0.4 is 9.47 Å². The van der Waals surface area contributed by atoms with Crippen LogP contribution in [0.25, 0.3) is 0 Å². The van der Waals surface area contributed by atoms with Crippen LogP contribution in [0.4, 0.5) is 0 Å². The van der Waals surface area contributed by atoms with Gasteiger partial charge in [0.2, 0.25) is 6.23 Å². The lowest BCUT2D eigenvalue weighted by Crippen LogP contribution is -2.33. The molecule has 0 fully saturated rings. The van der Waals surface area contributed by atoms with Gasteiger partial charge in [0, 0.05) is 22.6 Å². The summed E-state index contributed by atoms with van der Waals surface area (Å²) in [5.74, 6) is 1.77. The van der Waals surface area contributed by atoms with E-state index >= 15 is 0 Å². The fourth-order valence-corrected chi connectivity index (χ4v) is 4.18. The van der Waals surface area contributed by atoms with Crippen molar-refractivity contribution in [3.63, 3.8) is 0 Å². The van der Waals surface area contributed by atoms with E-state index in [4.69, 9.17) is 26.2 Å². The van der Waals surface area contributed by atoms with Gasteiger partial charge in [0.25, 0.3) is 0 Å². The molecule has 0 amide bonds. The van der Waals surface area contributed by atoms with E-state index in [-0.39, 0.29) is 18.4 Å². The smallest absolute Gasteiger partial charge is 0.213 e. The maximum atomic E-state index is 6.41. The minimum Gasteiger partial charge on any atom is -0.491 e. The second-order valence-electron chi connectivity index (χ2n) is 7.90. The average Bonchev–Trinajstić information content (AvgIpc) is 3.20. The third-order valence-corrected chi connectivity index (χ3v) is 5.67. The standard InChI is InChI=1S/C25H23ClN2O2/c1-16(2)29-20-13-9-18(10-14-20)25-28-23(21-5-3-4-6-24(21)30-25)15-22(27-28)17-7-11-19(26)12-8-17/h3-14,16,23,25H,15H2,1-2H3/t23-,25+/m0/s1. The zero-order valence-corrected chi connectivity index (χ0v) is 17.7. The molecule has 5 rings (SSSR count). The van der Waals surface area contributed by atoms with Crippen molar-refractivity contribution in [3.8, 4) is 11.5 Å². The summed E-state index contributed by atoms with van der Waals surface area (Å²) in [7, 11) is 0. The van der Waals surface area contributed by atoms with Crippen molar-refractivity contribution in [1.82, 2.24) is 5.01 Å². The summed E-state index contributed by atoms with van der Waals surface area (Å²) >= 11 is 6.07. The third kappa shape index (κ3) is 3.52. The highest BCUT2D eigenvalue weighted by Crippen LogP contribution is 2.47. The van der Waals surface area contributed by atoms with Crippen molar-refractivity contribution in [2.24, 2.45) is 5.10 Å². The van der Waals surface area contributed by atoms with E-state index in [2.05, 4.69) is 29.3 Å². The van der Waals surface area contributed by atoms with Crippen LogP contribution in [-0.4, -0.2) is 16.8 Å². The van der Waals surface area contributed by atoms with E-state index in [1.165, 1.54) is 5.56 Å². The molecule has 4 nitrogen and oxygen atoms in total. The molecule has 0 unspecified atom stereocenters. The summed E-state index contributed by atoms with van der Waals surface area (Å²) in [5.41, 5.74) is 4.35. The Morgan fingerprint density at radius 1 is 1.00 bits per heavy atom. The van der Waals surface area contributed by atoms with Gasteiger partial charge < -0.3 is 9.47 Å². The molecular formula is C25H23ClN2O2. The Labute approximate surface area is 181 Å². The van der Waals surface area contributed by atoms with Crippen molar-refractivity contribution >= 4 is 17.3 Å². The number of rotatable bonds is 4. The number of hydrogen-bond acceptors (Lipinski definition) is 4. The van der Waals surface area contributed by atoms with Crippen molar-refractivity contribution < 1.29 is 9.47 Å². The van der Waals surface area contributed by atoms with E-state index in [9.17, 15) is 0 Å². The molecule has 3 aromatic carbocycles. The molecule has 2 aliphatic rings. The number of ether oxygens (including phenoxy) is 2. The van der Waals surface area contributed by atoms with E-state index in [0.29, 0.717) is 0 Å². The number of hydrazone groups is 1. The Kier molecular flexibility index (Phi) is 4.87. The molecular weight excluding hydrogens is 396 g/mol. The lowest BCUT2D eigenvalue weighted by atomic mass is 9.96. The van der Waals surface area contributed by atoms with E-state index in [0.717, 1.165) is 39.8 Å². The van der Waals surface area contributed by atoms with Crippen molar-refractivity contribution in [3.05, 3.63) is 94.5 Å². The van der Waals surface area contributed by atoms with Crippen molar-refractivity contribution in [2.45, 2.75) is 38.6 Å². The zero-order chi connectivity index (χ0) is 20.7. The number of fused-ring (bicyclic) bond motifs is 3. The first-order chi connectivity index (χ1) is 14.6. The molecule has 2 aliphatic heterocycles. The normalized spacial score (nSPS) is 19.7. The number of halogens is 1. The second kappa shape index (κ2) is 7.69. The van der Waals surface area contributed by atoms with Crippen LogP contribution in [0.1, 0.15) is 49.2 Å². The van der Waals surface area contributed by atoms with Gasteiger partial charge in [0.05, 0.1) is 17.9 Å². The third-order valence-electron chi connectivity index (χ3n) is 5.41. The Balaban J connectivity index is 1.51. The first kappa shape index (κ1) is 19.0. The van der Waals surface area contributed by atoms with E-state index in [1.807, 2.05) is 62.4 Å². The maximum Gasteiger partial charge on any atom is 0.213 e. The van der Waals surface area contributed by atoms with Crippen LogP contribution in [0, 0.1) is 0 Å². The van der Waals surface area contributed by atoms with Gasteiger partial charge in [-0.3, -0.25) is 0 Å². The van der Waals surface area contributed by atoms with Crippen LogP contribution in [0.2, 0.25) is 5.02 Å². The van der Waals surface area contributed by atoms with Crippen LogP contribution in [0.15, 0.2) is 77.9 Å². The molecule has 0 saturated heterocycles. The zero-order valence-electron chi connectivity index (χ0n) is 17.0. The summed E-state index contributed by atoms with van der Waals surface area (Å²) in [6.45, 7) is 4.05.